The van der Waals surface area contributed by atoms with Crippen LogP contribution in [0.25, 0.3) is 0 Å². The summed E-state index contributed by atoms with van der Waals surface area (Å²) in [4.78, 5) is 13.4. The van der Waals surface area contributed by atoms with Crippen LogP contribution in [-0.4, -0.2) is 23.4 Å². The molecule has 2 rings (SSSR count). The zero-order valence-electron chi connectivity index (χ0n) is 11.5. The lowest BCUT2D eigenvalue weighted by Gasteiger charge is -2.23. The molecule has 0 bridgehead atoms. The highest BCUT2D eigenvalue weighted by atomic mass is 79.9. The topological polar surface area (TPSA) is 40.5 Å². The third kappa shape index (κ3) is 3.64. The number of hydrogen-bond donors (Lipinski definition) is 1. The second-order valence-corrected chi connectivity index (χ2v) is 5.60. The summed E-state index contributed by atoms with van der Waals surface area (Å²) in [6.45, 7) is 0. The number of benzene rings is 2. The van der Waals surface area contributed by atoms with Crippen molar-refractivity contribution in [2.24, 2.45) is 0 Å². The molecule has 2 aromatic rings. The van der Waals surface area contributed by atoms with Gasteiger partial charge in [0.15, 0.2) is 0 Å². The Morgan fingerprint density at radius 1 is 1.29 bits per heavy atom. The summed E-state index contributed by atoms with van der Waals surface area (Å²) < 4.78 is 0. The Labute approximate surface area is 137 Å². The van der Waals surface area contributed by atoms with E-state index in [1.54, 1.807) is 25.2 Å². The van der Waals surface area contributed by atoms with Crippen LogP contribution in [0.1, 0.15) is 17.2 Å². The molecule has 0 aliphatic heterocycles. The van der Waals surface area contributed by atoms with Crippen LogP contribution in [0.15, 0.2) is 48.5 Å². The molecule has 0 radical (unpaired) electrons. The highest BCUT2D eigenvalue weighted by molar-refractivity contribution is 9.09. The van der Waals surface area contributed by atoms with E-state index < -0.39 is 6.10 Å². The van der Waals surface area contributed by atoms with Crippen LogP contribution in [0.4, 0.5) is 5.69 Å². The lowest BCUT2D eigenvalue weighted by molar-refractivity contribution is -0.115. The van der Waals surface area contributed by atoms with E-state index in [2.05, 4.69) is 15.9 Å². The van der Waals surface area contributed by atoms with Gasteiger partial charge in [0.1, 0.15) is 6.10 Å². The van der Waals surface area contributed by atoms with E-state index >= 15 is 0 Å². The van der Waals surface area contributed by atoms with Crippen LogP contribution in [0.2, 0.25) is 5.02 Å². The SMILES string of the molecule is CN(C(=O)CBr)c1ccc(Cl)cc1C(O)c1ccccc1. The maximum atomic E-state index is 11.9. The van der Waals surface area contributed by atoms with Crippen LogP contribution < -0.4 is 4.90 Å². The number of anilines is 1. The van der Waals surface area contributed by atoms with Gasteiger partial charge in [-0.25, -0.2) is 0 Å². The molecule has 0 aliphatic rings. The molecule has 0 fully saturated rings. The molecule has 1 amide bonds. The highest BCUT2D eigenvalue weighted by Gasteiger charge is 2.20. The zero-order valence-corrected chi connectivity index (χ0v) is 13.8. The number of halogens is 2. The van der Waals surface area contributed by atoms with Crippen LogP contribution in [-0.2, 0) is 4.79 Å². The number of hydrogen-bond acceptors (Lipinski definition) is 2. The molecule has 0 heterocycles. The Hall–Kier alpha value is -1.36. The molecule has 0 saturated carbocycles. The van der Waals surface area contributed by atoms with Gasteiger partial charge in [0.05, 0.1) is 5.33 Å². The van der Waals surface area contributed by atoms with E-state index in [4.69, 9.17) is 11.6 Å². The molecule has 5 heteroatoms. The maximum absolute atomic E-state index is 11.9. The lowest BCUT2D eigenvalue weighted by Crippen LogP contribution is -2.28. The monoisotopic (exact) mass is 367 g/mol. The van der Waals surface area contributed by atoms with Crippen LogP contribution >= 0.6 is 27.5 Å². The third-order valence-electron chi connectivity index (χ3n) is 3.25. The van der Waals surface area contributed by atoms with Gasteiger partial charge in [-0.2, -0.15) is 0 Å². The molecule has 1 atom stereocenters. The second kappa shape index (κ2) is 7.07. The normalized spacial score (nSPS) is 12.0. The van der Waals surface area contributed by atoms with Crippen molar-refractivity contribution in [1.82, 2.24) is 0 Å². The Bertz CT molecular complexity index is 633. The van der Waals surface area contributed by atoms with Crippen LogP contribution in [0.5, 0.6) is 0 Å². The summed E-state index contributed by atoms with van der Waals surface area (Å²) in [5, 5.41) is 11.3. The number of aliphatic hydroxyl groups is 1. The van der Waals surface area contributed by atoms with Gasteiger partial charge in [-0.1, -0.05) is 57.9 Å². The van der Waals surface area contributed by atoms with Gasteiger partial charge in [0.2, 0.25) is 5.91 Å². The Morgan fingerprint density at radius 3 is 2.57 bits per heavy atom. The van der Waals surface area contributed by atoms with E-state index in [0.717, 1.165) is 5.56 Å². The van der Waals surface area contributed by atoms with Crippen molar-refractivity contribution >= 4 is 39.1 Å². The molecule has 2 aromatic carbocycles. The van der Waals surface area contributed by atoms with Gasteiger partial charge in [0.25, 0.3) is 0 Å². The Balaban J connectivity index is 2.47. The highest BCUT2D eigenvalue weighted by Crippen LogP contribution is 2.32. The Kier molecular flexibility index (Phi) is 5.39. The minimum Gasteiger partial charge on any atom is -0.384 e. The van der Waals surface area contributed by atoms with Crippen molar-refractivity contribution in [1.29, 1.82) is 0 Å². The minimum atomic E-state index is -0.842. The van der Waals surface area contributed by atoms with E-state index in [9.17, 15) is 9.90 Å². The second-order valence-electron chi connectivity index (χ2n) is 4.60. The number of rotatable bonds is 4. The summed E-state index contributed by atoms with van der Waals surface area (Å²) in [6.07, 6.45) is -0.842. The predicted octanol–water partition coefficient (Wildman–Crippen LogP) is 3.78. The average molecular weight is 369 g/mol. The minimum absolute atomic E-state index is 0.0983. The van der Waals surface area contributed by atoms with Gasteiger partial charge < -0.3 is 10.0 Å². The quantitative estimate of drug-likeness (QED) is 0.834. The van der Waals surface area contributed by atoms with Crippen LogP contribution in [0, 0.1) is 0 Å². The zero-order chi connectivity index (χ0) is 15.4. The van der Waals surface area contributed by atoms with Crippen molar-refractivity contribution in [2.75, 3.05) is 17.3 Å². The van der Waals surface area contributed by atoms with Crippen molar-refractivity contribution in [3.63, 3.8) is 0 Å². The van der Waals surface area contributed by atoms with Crippen molar-refractivity contribution in [3.8, 4) is 0 Å². The lowest BCUT2D eigenvalue weighted by atomic mass is 9.99. The summed E-state index contributed by atoms with van der Waals surface area (Å²) in [7, 11) is 1.67. The number of alkyl halides is 1. The van der Waals surface area contributed by atoms with E-state index in [-0.39, 0.29) is 11.2 Å². The summed E-state index contributed by atoms with van der Waals surface area (Å²) in [5.74, 6) is -0.0983. The van der Waals surface area contributed by atoms with E-state index in [1.807, 2.05) is 30.3 Å². The van der Waals surface area contributed by atoms with Crippen LogP contribution in [0.3, 0.4) is 0 Å². The molecule has 3 nitrogen and oxygen atoms in total. The molecule has 1 N–H and O–H groups in total. The first-order chi connectivity index (χ1) is 10.0. The van der Waals surface area contributed by atoms with Crippen molar-refractivity contribution < 1.29 is 9.90 Å². The number of amides is 1. The molecule has 0 aliphatic carbocycles. The Morgan fingerprint density at radius 2 is 1.95 bits per heavy atom. The molecule has 0 aromatic heterocycles. The van der Waals surface area contributed by atoms with Gasteiger partial charge in [-0.05, 0) is 23.8 Å². The number of aliphatic hydroxyl groups excluding tert-OH is 1. The summed E-state index contributed by atoms with van der Waals surface area (Å²) in [6, 6.07) is 14.4. The first-order valence-corrected chi connectivity index (χ1v) is 7.89. The summed E-state index contributed by atoms with van der Waals surface area (Å²) >= 11 is 9.20. The third-order valence-corrected chi connectivity index (χ3v) is 3.96. The first-order valence-electron chi connectivity index (χ1n) is 6.39. The standard InChI is InChI=1S/C16H15BrClNO2/c1-19(15(20)10-17)14-8-7-12(18)9-13(14)16(21)11-5-3-2-4-6-11/h2-9,16,21H,10H2,1H3. The molecule has 110 valence electrons. The molecular formula is C16H15BrClNO2. The van der Waals surface area contributed by atoms with Gasteiger partial charge >= 0.3 is 0 Å². The van der Waals surface area contributed by atoms with Gasteiger partial charge in [-0.15, -0.1) is 0 Å². The largest absolute Gasteiger partial charge is 0.384 e. The van der Waals surface area contributed by atoms with Crippen molar-refractivity contribution in [3.05, 3.63) is 64.7 Å². The van der Waals surface area contributed by atoms with Gasteiger partial charge in [-0.3, -0.25) is 4.79 Å². The van der Waals surface area contributed by atoms with Crippen molar-refractivity contribution in [2.45, 2.75) is 6.10 Å². The van der Waals surface area contributed by atoms with Gasteiger partial charge in [0, 0.05) is 23.3 Å². The number of nitrogens with zero attached hydrogens (tertiary/aromatic N) is 1. The number of carbonyl (C=O) groups is 1. The molecule has 0 spiro atoms. The fourth-order valence-electron chi connectivity index (χ4n) is 2.09. The fraction of sp³-hybridized carbons (Fsp3) is 0.188. The molecular weight excluding hydrogens is 354 g/mol. The smallest absolute Gasteiger partial charge is 0.237 e. The fourth-order valence-corrected chi connectivity index (χ4v) is 2.65. The average Bonchev–Trinajstić information content (AvgIpc) is 2.53. The molecule has 21 heavy (non-hydrogen) atoms. The summed E-state index contributed by atoms with van der Waals surface area (Å²) in [5.41, 5.74) is 1.99. The molecule has 1 unspecified atom stereocenters. The molecule has 0 saturated heterocycles. The maximum Gasteiger partial charge on any atom is 0.237 e. The predicted molar refractivity (Wildman–Crippen MR) is 89.2 cm³/mol. The first kappa shape index (κ1) is 16.0. The van der Waals surface area contributed by atoms with E-state index in [1.165, 1.54) is 4.90 Å². The number of carbonyl (C=O) groups excluding carboxylic acids is 1. The van der Waals surface area contributed by atoms with E-state index in [0.29, 0.717) is 16.3 Å².